The van der Waals surface area contributed by atoms with Gasteiger partial charge in [-0.05, 0) is 107 Å². The lowest BCUT2D eigenvalue weighted by atomic mass is 9.95. The Morgan fingerprint density at radius 2 is 1.48 bits per heavy atom. The Morgan fingerprint density at radius 1 is 0.800 bits per heavy atom. The normalized spacial score (nSPS) is 20.0. The van der Waals surface area contributed by atoms with Gasteiger partial charge in [-0.25, -0.2) is 25.6 Å². The summed E-state index contributed by atoms with van der Waals surface area (Å²) in [6.07, 6.45) is 8.32. The van der Waals surface area contributed by atoms with E-state index in [4.69, 9.17) is 52.4 Å². The maximum absolute atomic E-state index is 17.1. The van der Waals surface area contributed by atoms with Gasteiger partial charge < -0.3 is 28.9 Å². The minimum Gasteiger partial charge on any atom is -0.462 e. The van der Waals surface area contributed by atoms with E-state index in [2.05, 4.69) is 54.7 Å². The van der Waals surface area contributed by atoms with Gasteiger partial charge in [0.1, 0.15) is 42.2 Å². The summed E-state index contributed by atoms with van der Waals surface area (Å²) in [5, 5.41) is 7.35. The van der Waals surface area contributed by atoms with Crippen molar-refractivity contribution in [1.29, 1.82) is 0 Å². The molecule has 0 bridgehead atoms. The van der Waals surface area contributed by atoms with Gasteiger partial charge in [0, 0.05) is 122 Å². The van der Waals surface area contributed by atoms with Gasteiger partial charge in [-0.2, -0.15) is 19.9 Å². The van der Waals surface area contributed by atoms with Crippen LogP contribution in [0, 0.1) is 11.7 Å². The van der Waals surface area contributed by atoms with Gasteiger partial charge in [0.25, 0.3) is 0 Å². The summed E-state index contributed by atoms with van der Waals surface area (Å²) in [6.45, 7) is 10.3. The van der Waals surface area contributed by atoms with Crippen molar-refractivity contribution < 1.29 is 39.8 Å². The molecule has 1 unspecified atom stereocenters. The number of benzene rings is 4. The predicted molar refractivity (Wildman–Crippen MR) is 355 cm³/mol. The number of rotatable bonds is 27. The maximum Gasteiger partial charge on any atom is 0.319 e. The second-order valence-corrected chi connectivity index (χ2v) is 29.1. The van der Waals surface area contributed by atoms with Crippen LogP contribution < -0.4 is 24.2 Å². The Balaban J connectivity index is 0.723. The summed E-state index contributed by atoms with van der Waals surface area (Å²) in [6, 6.07) is 23.1. The Kier molecular flexibility index (Phi) is 20.4. The number of hydrogen-bond acceptors (Lipinski definition) is 18. The molecule has 18 nitrogen and oxygen atoms in total. The van der Waals surface area contributed by atoms with Crippen LogP contribution in [-0.4, -0.2) is 192 Å². The number of ether oxygens (including phenoxy) is 3. The fraction of sp³-hybridized carbons (Fsp3) is 0.470. The van der Waals surface area contributed by atoms with E-state index >= 15 is 4.39 Å². The quantitative estimate of drug-likeness (QED) is 0.0443. The van der Waals surface area contributed by atoms with Gasteiger partial charge in [0.05, 0.1) is 46.3 Å². The number of hydrogen-bond donors (Lipinski definition) is 0. The molecular formula is C66H79Cl2F2N11O7S2. The van der Waals surface area contributed by atoms with Crippen molar-refractivity contribution >= 4 is 92.6 Å². The van der Waals surface area contributed by atoms with Gasteiger partial charge in [-0.1, -0.05) is 90.8 Å². The number of likely N-dealkylation sites (tertiary alicyclic amines) is 1. The molecular weight excluding hydrogens is 1230 g/mol. The molecule has 0 saturated carbocycles. The minimum absolute atomic E-state index is 0.0191. The molecule has 11 rings (SSSR count). The van der Waals surface area contributed by atoms with Crippen molar-refractivity contribution in [1.82, 2.24) is 39.6 Å². The zero-order chi connectivity index (χ0) is 63.3. The lowest BCUT2D eigenvalue weighted by Gasteiger charge is -2.34. The molecule has 0 radical (unpaired) electrons. The molecule has 7 heterocycles. The Labute approximate surface area is 536 Å². The molecule has 3 aromatic heterocycles. The molecule has 0 N–H and O–H groups in total. The summed E-state index contributed by atoms with van der Waals surface area (Å²) >= 11 is 13.5. The van der Waals surface area contributed by atoms with Crippen LogP contribution in [-0.2, 0) is 37.4 Å². The highest BCUT2D eigenvalue weighted by Gasteiger charge is 2.49. The number of aromatic nitrogens is 5. The van der Waals surface area contributed by atoms with Gasteiger partial charge in [0.15, 0.2) is 25.5 Å². The first kappa shape index (κ1) is 65.1. The third-order valence-electron chi connectivity index (χ3n) is 18.2. The van der Waals surface area contributed by atoms with Crippen LogP contribution in [0.1, 0.15) is 57.2 Å². The average molecular weight is 1310 g/mol. The van der Waals surface area contributed by atoms with Crippen LogP contribution in [0.3, 0.4) is 0 Å². The van der Waals surface area contributed by atoms with Crippen molar-refractivity contribution in [3.8, 4) is 23.3 Å². The summed E-state index contributed by atoms with van der Waals surface area (Å²) in [4.78, 5) is 36.4. The topological polar surface area (TPSA) is 180 Å². The lowest BCUT2D eigenvalue weighted by molar-refractivity contribution is 0.107. The molecule has 0 spiro atoms. The Hall–Kier alpha value is -6.37. The minimum atomic E-state index is -3.64. The molecule has 7 aromatic rings. The number of alkyl halides is 1. The SMILES string of the molecule is CCOC/C=C/S(=O)(=O)CCN(C)c1nc(OC[C@@H]2CC(CCN(CC)C/C=C/S(=O)(=O)CCN(C)c3nc(OC[C@@]45CCCN4C[C@H](F)C5)nc4c3CCN(c3cccc5cccc(Cl)c35)C4)CN2C)nc2c(F)c(-c3cccc4cccc(Cl)c34)ncc12. The van der Waals surface area contributed by atoms with E-state index in [1.165, 1.54) is 17.7 Å². The predicted octanol–water partition coefficient (Wildman–Crippen LogP) is 10.6. The van der Waals surface area contributed by atoms with E-state index in [1.54, 1.807) is 30.2 Å². The zero-order valence-corrected chi connectivity index (χ0v) is 54.9. The molecule has 3 saturated heterocycles. The second-order valence-electron chi connectivity index (χ2n) is 24.2. The van der Waals surface area contributed by atoms with E-state index in [-0.39, 0.29) is 84.9 Å². The third kappa shape index (κ3) is 14.8. The van der Waals surface area contributed by atoms with E-state index in [9.17, 15) is 21.2 Å². The highest BCUT2D eigenvalue weighted by Crippen LogP contribution is 2.42. The maximum atomic E-state index is 17.1. The Bertz CT molecular complexity index is 4030. The largest absolute Gasteiger partial charge is 0.462 e. The van der Waals surface area contributed by atoms with E-state index in [1.807, 2.05) is 68.4 Å². The van der Waals surface area contributed by atoms with Gasteiger partial charge in [-0.15, -0.1) is 0 Å². The molecule has 24 heteroatoms. The second kappa shape index (κ2) is 28.2. The van der Waals surface area contributed by atoms with Crippen molar-refractivity contribution in [2.75, 3.05) is 133 Å². The van der Waals surface area contributed by atoms with Crippen molar-refractivity contribution in [3.05, 3.63) is 129 Å². The fourth-order valence-electron chi connectivity index (χ4n) is 13.3. The number of fused-ring (bicyclic) bond motifs is 5. The molecule has 4 aliphatic heterocycles. The lowest BCUT2D eigenvalue weighted by Crippen LogP contribution is -2.43. The molecule has 0 aliphatic carbocycles. The first-order valence-electron chi connectivity index (χ1n) is 31.0. The van der Waals surface area contributed by atoms with Crippen LogP contribution in [0.4, 0.5) is 26.1 Å². The van der Waals surface area contributed by atoms with Crippen LogP contribution in [0.15, 0.2) is 102 Å². The number of pyridine rings is 1. The molecule has 0 amide bonds. The van der Waals surface area contributed by atoms with E-state index in [0.29, 0.717) is 78.4 Å². The van der Waals surface area contributed by atoms with Crippen LogP contribution in [0.5, 0.6) is 12.0 Å². The van der Waals surface area contributed by atoms with E-state index < -0.39 is 37.2 Å². The number of sulfone groups is 2. The highest BCUT2D eigenvalue weighted by molar-refractivity contribution is 7.94. The molecule has 4 atom stereocenters. The highest BCUT2D eigenvalue weighted by atomic mass is 35.5. The number of halogens is 4. The van der Waals surface area contributed by atoms with E-state index in [0.717, 1.165) is 90.4 Å². The Morgan fingerprint density at radius 3 is 2.22 bits per heavy atom. The van der Waals surface area contributed by atoms with Crippen molar-refractivity contribution in [2.24, 2.45) is 5.92 Å². The average Bonchev–Trinajstić information content (AvgIpc) is 0.941. The molecule has 4 aromatic carbocycles. The standard InChI is InChI=1S/C66H79Cl2F2N11O7S2/c1-6-79(26-13-33-89(82,83)35-30-76(3)62-50-24-29-80(56-22-11-18-47-17-10-21-54(68)58(47)56)42-55(50)72-64(74-62)88-44-66-25-12-27-81(66)41-48(69)38-66)28-23-45-37-49(78(5)40-45)43-87-65-73-61-52(63(75-65)77(4)31-36-90(84,85)34-14-32-86-7-2)39-71-60(59(61)70)51-19-8-15-46-16-9-20-53(67)57(46)51/h8-11,13-22,33-34,39,45,48-49H,6-7,12,23-32,35-38,40-44H2,1-5H3/b33-13+,34-14+/t45?,48-,49+,66+/m1/s1. The number of anilines is 3. The molecule has 480 valence electrons. The van der Waals surface area contributed by atoms with Crippen molar-refractivity contribution in [3.63, 3.8) is 0 Å². The first-order chi connectivity index (χ1) is 43.3. The van der Waals surface area contributed by atoms with Gasteiger partial charge >= 0.3 is 12.0 Å². The fourth-order valence-corrected chi connectivity index (χ4v) is 16.0. The molecule has 4 aliphatic rings. The summed E-state index contributed by atoms with van der Waals surface area (Å²) in [5.74, 6) is 0.122. The van der Waals surface area contributed by atoms with Gasteiger partial charge in [0.2, 0.25) is 0 Å². The van der Waals surface area contributed by atoms with Crippen LogP contribution >= 0.6 is 23.2 Å². The summed E-state index contributed by atoms with van der Waals surface area (Å²) < 4.78 is 104. The monoisotopic (exact) mass is 1310 g/mol. The summed E-state index contributed by atoms with van der Waals surface area (Å²) in [7, 11) is -1.68. The number of nitrogens with zero attached hydrogens (tertiary/aromatic N) is 11. The smallest absolute Gasteiger partial charge is 0.319 e. The van der Waals surface area contributed by atoms with Crippen LogP contribution in [0.2, 0.25) is 10.0 Å². The molecule has 90 heavy (non-hydrogen) atoms. The number of likely N-dealkylation sites (N-methyl/N-ethyl adjacent to an activating group) is 2. The van der Waals surface area contributed by atoms with Crippen molar-refractivity contribution in [2.45, 2.75) is 76.7 Å². The van der Waals surface area contributed by atoms with Gasteiger partial charge in [-0.3, -0.25) is 19.7 Å². The third-order valence-corrected chi connectivity index (χ3v) is 21.5. The summed E-state index contributed by atoms with van der Waals surface area (Å²) in [5.41, 5.74) is 2.84. The zero-order valence-electron chi connectivity index (χ0n) is 51.7. The first-order valence-corrected chi connectivity index (χ1v) is 35.2. The van der Waals surface area contributed by atoms with Crippen LogP contribution in [0.25, 0.3) is 43.7 Å². The molecule has 3 fully saturated rings.